The summed E-state index contributed by atoms with van der Waals surface area (Å²) in [5.41, 5.74) is 4.69. The Hall–Kier alpha value is -4.21. The van der Waals surface area contributed by atoms with E-state index in [9.17, 15) is 4.79 Å². The van der Waals surface area contributed by atoms with Gasteiger partial charge in [0.05, 0.1) is 47.5 Å². The third kappa shape index (κ3) is 4.75. The zero-order valence-electron chi connectivity index (χ0n) is 18.4. The smallest absolute Gasteiger partial charge is 0.289 e. The summed E-state index contributed by atoms with van der Waals surface area (Å²) in [6, 6.07) is 10.4. The number of hydrogen-bond donors (Lipinski definition) is 2. The van der Waals surface area contributed by atoms with Crippen LogP contribution in [0.25, 0.3) is 11.3 Å². The van der Waals surface area contributed by atoms with Crippen LogP contribution in [0.2, 0.25) is 0 Å². The molecule has 2 N–H and O–H groups in total. The van der Waals surface area contributed by atoms with Gasteiger partial charge in [0.2, 0.25) is 5.75 Å². The Bertz CT molecular complexity index is 1100. The molecule has 0 saturated carbocycles. The van der Waals surface area contributed by atoms with Crippen molar-refractivity contribution in [2.45, 2.75) is 0 Å². The van der Waals surface area contributed by atoms with Gasteiger partial charge in [-0.2, -0.15) is 10.2 Å². The molecule has 0 radical (unpaired) electrons. The quantitative estimate of drug-likeness (QED) is 0.388. The number of amides is 1. The summed E-state index contributed by atoms with van der Waals surface area (Å²) in [6.07, 6.45) is 1.47. The second-order valence-electron chi connectivity index (χ2n) is 6.39. The second kappa shape index (κ2) is 10.2. The van der Waals surface area contributed by atoms with Crippen LogP contribution < -0.4 is 29.1 Å². The lowest BCUT2D eigenvalue weighted by Gasteiger charge is -2.12. The van der Waals surface area contributed by atoms with Crippen LogP contribution in [0.5, 0.6) is 28.7 Å². The fraction of sp³-hybridized carbons (Fsp3) is 0.227. The van der Waals surface area contributed by atoms with Crippen LogP contribution in [0.1, 0.15) is 16.1 Å². The summed E-state index contributed by atoms with van der Waals surface area (Å²) in [7, 11) is 7.68. The summed E-state index contributed by atoms with van der Waals surface area (Å²) in [4.78, 5) is 12.4. The molecule has 1 amide bonds. The highest BCUT2D eigenvalue weighted by Crippen LogP contribution is 2.37. The van der Waals surface area contributed by atoms with Crippen LogP contribution >= 0.6 is 0 Å². The Labute approximate surface area is 185 Å². The minimum Gasteiger partial charge on any atom is -0.493 e. The average Bonchev–Trinajstić information content (AvgIpc) is 3.33. The Morgan fingerprint density at radius 2 is 1.53 bits per heavy atom. The summed E-state index contributed by atoms with van der Waals surface area (Å²) in [6.45, 7) is 0. The van der Waals surface area contributed by atoms with Crippen molar-refractivity contribution in [3.05, 3.63) is 47.7 Å². The van der Waals surface area contributed by atoms with E-state index in [0.717, 1.165) is 5.56 Å². The standard InChI is InChI=1S/C22H24N4O6/c1-28-17-7-6-14(10-18(17)29-2)15-11-16(25-24-15)22(27)26-23-12-13-8-19(30-3)21(32-5)20(9-13)31-4/h6-12H,1-5H3,(H,24,25)(H,26,27)/b23-12+. The van der Waals surface area contributed by atoms with Gasteiger partial charge in [-0.25, -0.2) is 5.43 Å². The van der Waals surface area contributed by atoms with Crippen molar-refractivity contribution >= 4 is 12.1 Å². The highest BCUT2D eigenvalue weighted by Gasteiger charge is 2.14. The zero-order chi connectivity index (χ0) is 23.1. The molecule has 10 nitrogen and oxygen atoms in total. The maximum atomic E-state index is 12.4. The molecular formula is C22H24N4O6. The molecule has 0 spiro atoms. The van der Waals surface area contributed by atoms with Gasteiger partial charge in [0.15, 0.2) is 23.0 Å². The number of carbonyl (C=O) groups is 1. The molecule has 0 aliphatic heterocycles. The molecule has 0 aliphatic rings. The van der Waals surface area contributed by atoms with Crippen molar-refractivity contribution in [2.24, 2.45) is 5.10 Å². The lowest BCUT2D eigenvalue weighted by Crippen LogP contribution is -2.18. The fourth-order valence-electron chi connectivity index (χ4n) is 2.98. The van der Waals surface area contributed by atoms with E-state index < -0.39 is 5.91 Å². The van der Waals surface area contributed by atoms with Crippen LogP contribution in [0.3, 0.4) is 0 Å². The zero-order valence-corrected chi connectivity index (χ0v) is 18.4. The Kier molecular flexibility index (Phi) is 7.17. The summed E-state index contributed by atoms with van der Waals surface area (Å²) < 4.78 is 26.5. The van der Waals surface area contributed by atoms with Crippen LogP contribution in [-0.2, 0) is 0 Å². The number of hydrogen-bond acceptors (Lipinski definition) is 8. The first-order valence-corrected chi connectivity index (χ1v) is 9.45. The number of aromatic amines is 1. The predicted octanol–water partition coefficient (Wildman–Crippen LogP) is 2.88. The van der Waals surface area contributed by atoms with Gasteiger partial charge in [-0.1, -0.05) is 0 Å². The Balaban J connectivity index is 1.73. The monoisotopic (exact) mass is 440 g/mol. The normalized spacial score (nSPS) is 10.7. The Morgan fingerprint density at radius 3 is 2.12 bits per heavy atom. The van der Waals surface area contributed by atoms with Gasteiger partial charge >= 0.3 is 0 Å². The van der Waals surface area contributed by atoms with Crippen molar-refractivity contribution in [2.75, 3.05) is 35.5 Å². The van der Waals surface area contributed by atoms with Gasteiger partial charge in [0.25, 0.3) is 5.91 Å². The van der Waals surface area contributed by atoms with Crippen molar-refractivity contribution in [1.82, 2.24) is 15.6 Å². The van der Waals surface area contributed by atoms with Crippen molar-refractivity contribution < 1.29 is 28.5 Å². The first kappa shape index (κ1) is 22.5. The number of H-pyrrole nitrogens is 1. The highest BCUT2D eigenvalue weighted by molar-refractivity contribution is 5.94. The highest BCUT2D eigenvalue weighted by atomic mass is 16.5. The maximum absolute atomic E-state index is 12.4. The minimum absolute atomic E-state index is 0.247. The first-order chi connectivity index (χ1) is 15.5. The molecule has 0 atom stereocenters. The molecule has 0 unspecified atom stereocenters. The fourth-order valence-corrected chi connectivity index (χ4v) is 2.98. The van der Waals surface area contributed by atoms with Gasteiger partial charge < -0.3 is 23.7 Å². The molecule has 2 aromatic carbocycles. The van der Waals surface area contributed by atoms with Crippen LogP contribution in [0.15, 0.2) is 41.5 Å². The van der Waals surface area contributed by atoms with E-state index in [2.05, 4.69) is 20.7 Å². The second-order valence-corrected chi connectivity index (χ2v) is 6.39. The number of nitrogens with zero attached hydrogens (tertiary/aromatic N) is 2. The van der Waals surface area contributed by atoms with Gasteiger partial charge in [0, 0.05) is 11.1 Å². The number of carbonyl (C=O) groups excluding carboxylic acids is 1. The molecule has 0 saturated heterocycles. The molecule has 0 aliphatic carbocycles. The third-order valence-corrected chi connectivity index (χ3v) is 4.57. The van der Waals surface area contributed by atoms with Crippen LogP contribution in [-0.4, -0.2) is 57.9 Å². The van der Waals surface area contributed by atoms with E-state index in [1.165, 1.54) is 27.5 Å². The Morgan fingerprint density at radius 1 is 0.875 bits per heavy atom. The molecule has 3 rings (SSSR count). The predicted molar refractivity (Wildman–Crippen MR) is 118 cm³/mol. The number of ether oxygens (including phenoxy) is 5. The average molecular weight is 440 g/mol. The number of hydrazone groups is 1. The maximum Gasteiger partial charge on any atom is 0.289 e. The number of benzene rings is 2. The third-order valence-electron chi connectivity index (χ3n) is 4.57. The number of rotatable bonds is 9. The molecule has 168 valence electrons. The van der Waals surface area contributed by atoms with Gasteiger partial charge in [0.1, 0.15) is 5.69 Å². The van der Waals surface area contributed by atoms with E-state index in [-0.39, 0.29) is 5.69 Å². The molecule has 0 fully saturated rings. The molecule has 3 aromatic rings. The molecule has 0 bridgehead atoms. The van der Waals surface area contributed by atoms with E-state index in [1.807, 2.05) is 6.07 Å². The molecule has 1 aromatic heterocycles. The van der Waals surface area contributed by atoms with Gasteiger partial charge in [-0.15, -0.1) is 0 Å². The molecular weight excluding hydrogens is 416 g/mol. The van der Waals surface area contributed by atoms with Gasteiger partial charge in [-0.05, 0) is 36.4 Å². The summed E-state index contributed by atoms with van der Waals surface area (Å²) in [5.74, 6) is 2.14. The van der Waals surface area contributed by atoms with Crippen molar-refractivity contribution in [1.29, 1.82) is 0 Å². The number of nitrogens with one attached hydrogen (secondary N) is 2. The van der Waals surface area contributed by atoms with Gasteiger partial charge in [-0.3, -0.25) is 9.89 Å². The topological polar surface area (TPSA) is 116 Å². The van der Waals surface area contributed by atoms with Crippen LogP contribution in [0.4, 0.5) is 0 Å². The molecule has 10 heteroatoms. The van der Waals surface area contributed by atoms with E-state index in [1.54, 1.807) is 44.6 Å². The number of aromatic nitrogens is 2. The largest absolute Gasteiger partial charge is 0.493 e. The summed E-state index contributed by atoms with van der Waals surface area (Å²) >= 11 is 0. The van der Waals surface area contributed by atoms with E-state index >= 15 is 0 Å². The van der Waals surface area contributed by atoms with E-state index in [4.69, 9.17) is 23.7 Å². The lowest BCUT2D eigenvalue weighted by molar-refractivity contribution is 0.0950. The molecule has 32 heavy (non-hydrogen) atoms. The van der Waals surface area contributed by atoms with E-state index in [0.29, 0.717) is 40.0 Å². The summed E-state index contributed by atoms with van der Waals surface area (Å²) in [5, 5.41) is 10.9. The molecule has 1 heterocycles. The SMILES string of the molecule is COc1ccc(-c2cc(C(=O)N/N=C/c3cc(OC)c(OC)c(OC)c3)[nH]n2)cc1OC. The minimum atomic E-state index is -0.451. The lowest BCUT2D eigenvalue weighted by atomic mass is 10.1. The number of methoxy groups -OCH3 is 5. The van der Waals surface area contributed by atoms with Crippen LogP contribution in [0, 0.1) is 0 Å². The first-order valence-electron chi connectivity index (χ1n) is 9.45. The van der Waals surface area contributed by atoms with Crippen molar-refractivity contribution in [3.63, 3.8) is 0 Å². The van der Waals surface area contributed by atoms with Crippen molar-refractivity contribution in [3.8, 4) is 40.0 Å².